The van der Waals surface area contributed by atoms with Crippen LogP contribution in [0.15, 0.2) is 30.3 Å². The SMILES string of the molecule is O=S(O)(=S)Oc1ccccc1.[H-].[Na+]. The molecule has 0 radical (unpaired) electrons. The van der Waals surface area contributed by atoms with Gasteiger partial charge in [-0.25, -0.2) is 0 Å². The Morgan fingerprint density at radius 2 is 1.92 bits per heavy atom. The molecule has 6 heteroatoms. The van der Waals surface area contributed by atoms with E-state index < -0.39 is 9.05 Å². The molecule has 0 aliphatic rings. The van der Waals surface area contributed by atoms with Crippen LogP contribution in [0, 0.1) is 0 Å². The smallest absolute Gasteiger partial charge is 1.00 e. The molecule has 12 heavy (non-hydrogen) atoms. The van der Waals surface area contributed by atoms with Crippen molar-refractivity contribution >= 4 is 20.2 Å². The summed E-state index contributed by atoms with van der Waals surface area (Å²) < 4.78 is 23.6. The van der Waals surface area contributed by atoms with Gasteiger partial charge in [0.05, 0.1) is 11.2 Å². The molecule has 0 amide bonds. The molecule has 1 unspecified atom stereocenters. The zero-order valence-corrected chi connectivity index (χ0v) is 10.1. The van der Waals surface area contributed by atoms with Crippen molar-refractivity contribution in [3.05, 3.63) is 30.3 Å². The molecule has 1 atom stereocenters. The molecule has 1 aromatic carbocycles. The summed E-state index contributed by atoms with van der Waals surface area (Å²) in [5, 5.41) is 0. The van der Waals surface area contributed by atoms with E-state index in [9.17, 15) is 4.21 Å². The monoisotopic (exact) mass is 214 g/mol. The number of rotatable bonds is 2. The molecule has 0 aromatic heterocycles. The van der Waals surface area contributed by atoms with Gasteiger partial charge in [0.1, 0.15) is 5.75 Å². The Balaban J connectivity index is 0. The summed E-state index contributed by atoms with van der Waals surface area (Å²) in [6.45, 7) is 0. The van der Waals surface area contributed by atoms with Gasteiger partial charge in [0.15, 0.2) is 0 Å². The maximum Gasteiger partial charge on any atom is 1.00 e. The second kappa shape index (κ2) is 5.16. The fourth-order valence-electron chi connectivity index (χ4n) is 0.598. The van der Waals surface area contributed by atoms with Crippen LogP contribution in [0.5, 0.6) is 5.75 Å². The van der Waals surface area contributed by atoms with E-state index in [0.717, 1.165) is 0 Å². The molecule has 3 nitrogen and oxygen atoms in total. The van der Waals surface area contributed by atoms with E-state index in [4.69, 9.17) is 4.55 Å². The Kier molecular flexibility index (Phi) is 5.31. The maximum atomic E-state index is 10.5. The van der Waals surface area contributed by atoms with Gasteiger partial charge in [-0.1, -0.05) is 18.2 Å². The van der Waals surface area contributed by atoms with Crippen LogP contribution in [0.3, 0.4) is 0 Å². The second-order valence-electron chi connectivity index (χ2n) is 1.82. The van der Waals surface area contributed by atoms with E-state index in [2.05, 4.69) is 15.4 Å². The summed E-state index contributed by atoms with van der Waals surface area (Å²) in [5.74, 6) is 0.301. The van der Waals surface area contributed by atoms with Gasteiger partial charge in [-0.05, 0) is 12.1 Å². The van der Waals surface area contributed by atoms with Crippen molar-refractivity contribution in [2.75, 3.05) is 0 Å². The average molecular weight is 214 g/mol. The van der Waals surface area contributed by atoms with Gasteiger partial charge in [-0.15, -0.1) is 0 Å². The number of hydrogen-bond donors (Lipinski definition) is 1. The summed E-state index contributed by atoms with van der Waals surface area (Å²) in [6, 6.07) is 8.27. The normalized spacial score (nSPS) is 14.1. The Labute approximate surface area is 99.6 Å². The summed E-state index contributed by atoms with van der Waals surface area (Å²) >= 11 is 4.13. The molecule has 0 fully saturated rings. The third kappa shape index (κ3) is 5.08. The summed E-state index contributed by atoms with van der Waals surface area (Å²) in [5.41, 5.74) is 0. The van der Waals surface area contributed by atoms with Crippen LogP contribution in [-0.2, 0) is 20.2 Å². The van der Waals surface area contributed by atoms with Crippen LogP contribution < -0.4 is 33.7 Å². The average Bonchev–Trinajstić information content (AvgIpc) is 1.85. The molecule has 0 heterocycles. The first-order valence-corrected chi connectivity index (χ1v) is 5.16. The van der Waals surface area contributed by atoms with E-state index in [1.165, 1.54) is 0 Å². The first-order chi connectivity index (χ1) is 5.08. The minimum absolute atomic E-state index is 0. The first kappa shape index (κ1) is 12.3. The zero-order chi connectivity index (χ0) is 8.32. The van der Waals surface area contributed by atoms with Crippen LogP contribution >= 0.6 is 0 Å². The van der Waals surface area contributed by atoms with Crippen LogP contribution in [0.25, 0.3) is 0 Å². The quantitative estimate of drug-likeness (QED) is 0.597. The number of para-hydroxylation sites is 1. The molecule has 1 rings (SSSR count). The minimum atomic E-state index is -3.54. The van der Waals surface area contributed by atoms with Crippen molar-refractivity contribution in [1.82, 2.24) is 0 Å². The van der Waals surface area contributed by atoms with Crippen LogP contribution in [0.4, 0.5) is 0 Å². The van der Waals surface area contributed by atoms with E-state index >= 15 is 0 Å². The Morgan fingerprint density at radius 3 is 2.33 bits per heavy atom. The molecular formula is C6H7NaO3S2. The van der Waals surface area contributed by atoms with E-state index in [1.807, 2.05) is 0 Å². The minimum Gasteiger partial charge on any atom is -1.00 e. The van der Waals surface area contributed by atoms with Crippen molar-refractivity contribution in [1.29, 1.82) is 0 Å². The van der Waals surface area contributed by atoms with Gasteiger partial charge in [0, 0.05) is 0 Å². The van der Waals surface area contributed by atoms with E-state index in [-0.39, 0.29) is 31.0 Å². The first-order valence-electron chi connectivity index (χ1n) is 2.80. The summed E-state index contributed by atoms with van der Waals surface area (Å²) in [7, 11) is -3.54. The summed E-state index contributed by atoms with van der Waals surface area (Å²) in [4.78, 5) is 0. The number of hydrogen-bond acceptors (Lipinski definition) is 3. The molecular weight excluding hydrogens is 207 g/mol. The van der Waals surface area contributed by atoms with E-state index in [1.54, 1.807) is 30.3 Å². The maximum absolute atomic E-state index is 10.5. The fraction of sp³-hybridized carbons (Fsp3) is 0. The molecule has 0 aliphatic heterocycles. The van der Waals surface area contributed by atoms with Crippen LogP contribution in [0.1, 0.15) is 1.43 Å². The predicted octanol–water partition coefficient (Wildman–Crippen LogP) is -1.68. The molecule has 0 spiro atoms. The zero-order valence-electron chi connectivity index (χ0n) is 7.47. The molecule has 0 saturated carbocycles. The predicted molar refractivity (Wildman–Crippen MR) is 46.3 cm³/mol. The van der Waals surface area contributed by atoms with Gasteiger partial charge in [0.2, 0.25) is 0 Å². The number of benzene rings is 1. The molecule has 0 aliphatic carbocycles. The standard InChI is InChI=1S/C6H6O3S2.Na.H/c7-11(8,10)9-6-4-2-1-3-5-6;;/h1-5H,(H,7,8,10);;/q;+1;-1. The van der Waals surface area contributed by atoms with Crippen LogP contribution in [0.2, 0.25) is 0 Å². The van der Waals surface area contributed by atoms with Crippen molar-refractivity contribution in [3.8, 4) is 5.75 Å². The van der Waals surface area contributed by atoms with Crippen molar-refractivity contribution in [2.45, 2.75) is 0 Å². The van der Waals surface area contributed by atoms with Crippen molar-refractivity contribution in [3.63, 3.8) is 0 Å². The third-order valence-electron chi connectivity index (χ3n) is 0.945. The molecule has 62 valence electrons. The summed E-state index contributed by atoms with van der Waals surface area (Å²) in [6.07, 6.45) is 0. The largest absolute Gasteiger partial charge is 1.00 e. The van der Waals surface area contributed by atoms with Gasteiger partial charge >= 0.3 is 38.6 Å². The van der Waals surface area contributed by atoms with E-state index in [0.29, 0.717) is 5.75 Å². The van der Waals surface area contributed by atoms with Gasteiger partial charge in [-0.2, -0.15) is 4.21 Å². The fourth-order valence-corrected chi connectivity index (χ4v) is 1.19. The third-order valence-corrected chi connectivity index (χ3v) is 1.55. The van der Waals surface area contributed by atoms with Crippen LogP contribution in [-0.4, -0.2) is 8.76 Å². The van der Waals surface area contributed by atoms with Gasteiger partial charge < -0.3 is 5.61 Å². The van der Waals surface area contributed by atoms with Crippen molar-refractivity contribution < 1.29 is 43.9 Å². The topological polar surface area (TPSA) is 46.5 Å². The Bertz CT molecular complexity index is 327. The molecule has 1 aromatic rings. The molecule has 0 bridgehead atoms. The Morgan fingerprint density at radius 1 is 1.42 bits per heavy atom. The molecule has 1 N–H and O–H groups in total. The van der Waals surface area contributed by atoms with Crippen molar-refractivity contribution in [2.24, 2.45) is 0 Å². The van der Waals surface area contributed by atoms with Gasteiger partial charge in [-0.3, -0.25) is 4.55 Å². The second-order valence-corrected chi connectivity index (χ2v) is 4.11. The molecule has 0 saturated heterocycles. The Hall–Kier alpha value is 0.350. The van der Waals surface area contributed by atoms with Gasteiger partial charge in [0.25, 0.3) is 0 Å².